The molecule has 41 heavy (non-hydrogen) atoms. The average Bonchev–Trinajstić information content (AvgIpc) is 3.17. The standard InChI is InChI=1S/C36H50N2O3/c1-21(9-12-29(39)33(4,5)41)24-13-15-34(6)28-11-10-25-26(36(28,8)30(40)19-35(24,34)7)18-23-17-22-14-16-37-20-27(22)38-31(23)32(25,2)3/h10,14,16-17,20-21,24,26,28-29,39,41H,9,11-13,15,18-19H2,1-8H3/t21-,24-,26-,28+,29-,34+,35-,36+/m1/s1. The lowest BCUT2D eigenvalue weighted by Gasteiger charge is -2.64. The van der Waals surface area contributed by atoms with Gasteiger partial charge in [0.15, 0.2) is 0 Å². The number of hydrogen-bond donors (Lipinski definition) is 2. The molecular formula is C36H50N2O3. The molecule has 0 aromatic carbocycles. The summed E-state index contributed by atoms with van der Waals surface area (Å²) >= 11 is 0. The van der Waals surface area contributed by atoms with Crippen molar-refractivity contribution in [1.29, 1.82) is 0 Å². The van der Waals surface area contributed by atoms with Gasteiger partial charge >= 0.3 is 0 Å². The van der Waals surface area contributed by atoms with Crippen molar-refractivity contribution in [1.82, 2.24) is 9.97 Å². The topological polar surface area (TPSA) is 83.3 Å². The smallest absolute Gasteiger partial charge is 0.140 e. The van der Waals surface area contributed by atoms with E-state index in [-0.39, 0.29) is 22.2 Å². The number of nitrogens with zero attached hydrogens (tertiary/aromatic N) is 2. The zero-order valence-electron chi connectivity index (χ0n) is 26.4. The fourth-order valence-corrected chi connectivity index (χ4v) is 10.4. The molecule has 2 aromatic rings. The van der Waals surface area contributed by atoms with Gasteiger partial charge in [-0.2, -0.15) is 0 Å². The minimum Gasteiger partial charge on any atom is -0.390 e. The van der Waals surface area contributed by atoms with Crippen molar-refractivity contribution in [2.24, 2.45) is 39.9 Å². The van der Waals surface area contributed by atoms with Gasteiger partial charge in [-0.15, -0.1) is 0 Å². The third-order valence-electron chi connectivity index (χ3n) is 13.2. The molecule has 2 aromatic heterocycles. The highest BCUT2D eigenvalue weighted by molar-refractivity contribution is 5.88. The quantitative estimate of drug-likeness (QED) is 0.387. The first-order chi connectivity index (χ1) is 19.0. The second kappa shape index (κ2) is 9.19. The highest BCUT2D eigenvalue weighted by Gasteiger charge is 2.70. The third-order valence-corrected chi connectivity index (χ3v) is 13.2. The predicted molar refractivity (Wildman–Crippen MR) is 163 cm³/mol. The van der Waals surface area contributed by atoms with Gasteiger partial charge in [0.1, 0.15) is 5.78 Å². The number of aliphatic hydroxyl groups excluding tert-OH is 1. The summed E-state index contributed by atoms with van der Waals surface area (Å²) in [5.41, 5.74) is 3.07. The van der Waals surface area contributed by atoms with Crippen molar-refractivity contribution >= 4 is 16.7 Å². The lowest BCUT2D eigenvalue weighted by atomic mass is 9.38. The van der Waals surface area contributed by atoms with Gasteiger partial charge in [-0.25, -0.2) is 0 Å². The maximum absolute atomic E-state index is 14.7. The van der Waals surface area contributed by atoms with Gasteiger partial charge in [0.2, 0.25) is 0 Å². The number of pyridine rings is 2. The van der Waals surface area contributed by atoms with Crippen LogP contribution in [0.3, 0.4) is 0 Å². The molecule has 5 nitrogen and oxygen atoms in total. The average molecular weight is 559 g/mol. The SMILES string of the molecule is C[C@H](CC[C@@H](O)C(C)(C)O)[C@H]1CC[C@@]2(C)[C@@H]3CC=C4[C@@H](Cc5cc6ccncc6nc5C4(C)C)[C@]3(C)C(=O)C[C@]12C. The van der Waals surface area contributed by atoms with Crippen molar-refractivity contribution in [3.8, 4) is 0 Å². The molecule has 0 radical (unpaired) electrons. The maximum atomic E-state index is 14.7. The Morgan fingerprint density at radius 3 is 2.56 bits per heavy atom. The van der Waals surface area contributed by atoms with Gasteiger partial charge in [0.05, 0.1) is 29.1 Å². The molecule has 2 fully saturated rings. The van der Waals surface area contributed by atoms with Crippen LogP contribution >= 0.6 is 0 Å². The number of allylic oxidation sites excluding steroid dienone is 2. The second-order valence-electron chi connectivity index (χ2n) is 16.0. The van der Waals surface area contributed by atoms with E-state index in [2.05, 4.69) is 58.7 Å². The molecule has 222 valence electrons. The summed E-state index contributed by atoms with van der Waals surface area (Å²) < 4.78 is 0. The summed E-state index contributed by atoms with van der Waals surface area (Å²) in [4.78, 5) is 24.1. The Bertz CT molecular complexity index is 1420. The number of carbonyl (C=O) groups excluding carboxylic acids is 1. The molecule has 4 aliphatic rings. The predicted octanol–water partition coefficient (Wildman–Crippen LogP) is 6.98. The summed E-state index contributed by atoms with van der Waals surface area (Å²) in [6.45, 7) is 17.5. The first-order valence-corrected chi connectivity index (χ1v) is 15.9. The van der Waals surface area contributed by atoms with Crippen LogP contribution in [0.25, 0.3) is 10.9 Å². The normalized spacial score (nSPS) is 37.5. The molecule has 0 spiro atoms. The zero-order chi connectivity index (χ0) is 29.8. The Balaban J connectivity index is 1.35. The van der Waals surface area contributed by atoms with Crippen LogP contribution in [0.15, 0.2) is 36.2 Å². The van der Waals surface area contributed by atoms with Crippen LogP contribution in [-0.4, -0.2) is 37.7 Å². The third kappa shape index (κ3) is 3.97. The van der Waals surface area contributed by atoms with Gasteiger partial charge < -0.3 is 10.2 Å². The van der Waals surface area contributed by atoms with E-state index in [0.717, 1.165) is 48.7 Å². The summed E-state index contributed by atoms with van der Waals surface area (Å²) in [6, 6.07) is 4.35. The van der Waals surface area contributed by atoms with Gasteiger partial charge in [0, 0.05) is 28.8 Å². The molecule has 2 heterocycles. The molecule has 5 heteroatoms. The van der Waals surface area contributed by atoms with E-state index in [1.165, 1.54) is 11.1 Å². The lowest BCUT2D eigenvalue weighted by molar-refractivity contribution is -0.168. The minimum atomic E-state index is -1.09. The molecule has 0 aliphatic heterocycles. The number of ketones is 1. The van der Waals surface area contributed by atoms with Crippen LogP contribution in [0.4, 0.5) is 0 Å². The molecule has 0 saturated heterocycles. The van der Waals surface area contributed by atoms with Crippen molar-refractivity contribution in [3.05, 3.63) is 47.4 Å². The van der Waals surface area contributed by atoms with Gasteiger partial charge in [0.25, 0.3) is 0 Å². The Labute approximate surface area is 246 Å². The van der Waals surface area contributed by atoms with Crippen LogP contribution in [-0.2, 0) is 16.6 Å². The highest BCUT2D eigenvalue weighted by atomic mass is 16.3. The van der Waals surface area contributed by atoms with E-state index in [1.54, 1.807) is 13.8 Å². The summed E-state index contributed by atoms with van der Waals surface area (Å²) in [7, 11) is 0. The Hall–Kier alpha value is -2.11. The monoisotopic (exact) mass is 558 g/mol. The first-order valence-electron chi connectivity index (χ1n) is 15.9. The van der Waals surface area contributed by atoms with Crippen molar-refractivity contribution < 1.29 is 15.0 Å². The van der Waals surface area contributed by atoms with Gasteiger partial charge in [-0.3, -0.25) is 14.8 Å². The van der Waals surface area contributed by atoms with E-state index in [0.29, 0.717) is 36.4 Å². The molecule has 4 aliphatic carbocycles. The van der Waals surface area contributed by atoms with Gasteiger partial charge in [-0.1, -0.05) is 53.2 Å². The summed E-state index contributed by atoms with van der Waals surface area (Å²) in [6.07, 6.45) is 11.7. The number of aromatic nitrogens is 2. The number of rotatable bonds is 5. The van der Waals surface area contributed by atoms with Crippen molar-refractivity contribution in [2.75, 3.05) is 0 Å². The van der Waals surface area contributed by atoms with Crippen LogP contribution in [0, 0.1) is 39.9 Å². The molecule has 2 N–H and O–H groups in total. The molecule has 0 bridgehead atoms. The number of carbonyl (C=O) groups is 1. The molecule has 2 saturated carbocycles. The first kappa shape index (κ1) is 29.0. The van der Waals surface area contributed by atoms with E-state index in [9.17, 15) is 15.0 Å². The number of fused-ring (bicyclic) bond motifs is 7. The summed E-state index contributed by atoms with van der Waals surface area (Å²) in [5.74, 6) is 1.78. The second-order valence-corrected chi connectivity index (χ2v) is 16.0. The largest absolute Gasteiger partial charge is 0.390 e. The number of hydrogen-bond acceptors (Lipinski definition) is 5. The van der Waals surface area contributed by atoms with E-state index < -0.39 is 17.1 Å². The number of Topliss-reactive ketones (excluding diaryl/α,β-unsaturated/α-hetero) is 1. The van der Waals surface area contributed by atoms with Crippen LogP contribution < -0.4 is 0 Å². The summed E-state index contributed by atoms with van der Waals surface area (Å²) in [5, 5.41) is 21.9. The Kier molecular flexibility index (Phi) is 6.50. The fraction of sp³-hybridized carbons (Fsp3) is 0.694. The Morgan fingerprint density at radius 1 is 1.12 bits per heavy atom. The van der Waals surface area contributed by atoms with E-state index in [4.69, 9.17) is 4.98 Å². The lowest BCUT2D eigenvalue weighted by Crippen LogP contribution is -2.63. The van der Waals surface area contributed by atoms with Gasteiger partial charge in [-0.05, 0) is 105 Å². The van der Waals surface area contributed by atoms with E-state index >= 15 is 0 Å². The van der Waals surface area contributed by atoms with Crippen molar-refractivity contribution in [2.45, 2.75) is 117 Å². The van der Waals surface area contributed by atoms with Crippen molar-refractivity contribution in [3.63, 3.8) is 0 Å². The van der Waals surface area contributed by atoms with Crippen LogP contribution in [0.1, 0.15) is 105 Å². The zero-order valence-corrected chi connectivity index (χ0v) is 26.4. The van der Waals surface area contributed by atoms with E-state index in [1.807, 2.05) is 18.5 Å². The Morgan fingerprint density at radius 2 is 1.85 bits per heavy atom. The molecule has 0 amide bonds. The fourth-order valence-electron chi connectivity index (χ4n) is 10.4. The minimum absolute atomic E-state index is 0.0639. The molecule has 8 atom stereocenters. The molecule has 6 rings (SSSR count). The van der Waals surface area contributed by atoms with Crippen LogP contribution in [0.5, 0.6) is 0 Å². The highest BCUT2D eigenvalue weighted by Crippen LogP contribution is 2.73. The molecule has 0 unspecified atom stereocenters. The molecular weight excluding hydrogens is 508 g/mol. The maximum Gasteiger partial charge on any atom is 0.140 e. The number of aliphatic hydroxyl groups is 2. The van der Waals surface area contributed by atoms with Crippen LogP contribution in [0.2, 0.25) is 0 Å².